The second kappa shape index (κ2) is 9.72. The largest absolute Gasteiger partial charge is 0.478 e. The van der Waals surface area contributed by atoms with Crippen molar-refractivity contribution in [2.24, 2.45) is 17.3 Å². The van der Waals surface area contributed by atoms with Gasteiger partial charge in [-0.2, -0.15) is 0 Å². The number of nitrogens with one attached hydrogen (secondary N) is 1. The molecule has 0 spiro atoms. The number of thiophene rings is 1. The smallest absolute Gasteiger partial charge is 0.339 e. The van der Waals surface area contributed by atoms with Gasteiger partial charge in [-0.15, -0.1) is 11.3 Å². The highest BCUT2D eigenvalue weighted by Gasteiger charge is 2.31. The Morgan fingerprint density at radius 1 is 1.23 bits per heavy atom. The van der Waals surface area contributed by atoms with E-state index < -0.39 is 5.97 Å². The standard InChI is InChI=1S/C24H36N2O4S/c1-15(13-24(2,3)4)11-19(27)25-22-21(23(29)30)17-9-10-26(14-18(17)31-22)20(28)12-16-7-5-6-8-16/h15-16H,5-14H2,1-4H3,(H,25,27)(H,29,30). The number of carboxylic acids is 1. The van der Waals surface area contributed by atoms with Crippen LogP contribution < -0.4 is 5.32 Å². The second-order valence-corrected chi connectivity index (χ2v) is 11.7. The van der Waals surface area contributed by atoms with E-state index in [1.54, 1.807) is 0 Å². The van der Waals surface area contributed by atoms with Gasteiger partial charge >= 0.3 is 5.97 Å². The molecule has 0 bridgehead atoms. The van der Waals surface area contributed by atoms with Crippen LogP contribution in [0.3, 0.4) is 0 Å². The van der Waals surface area contributed by atoms with Crippen LogP contribution in [-0.4, -0.2) is 34.3 Å². The predicted molar refractivity (Wildman–Crippen MR) is 123 cm³/mol. The van der Waals surface area contributed by atoms with Crippen LogP contribution in [0.5, 0.6) is 0 Å². The number of aromatic carboxylic acids is 1. The number of fused-ring (bicyclic) bond motifs is 1. The minimum absolute atomic E-state index is 0.141. The molecule has 0 aromatic carbocycles. The Morgan fingerprint density at radius 2 is 1.90 bits per heavy atom. The third-order valence-corrected chi connectivity index (χ3v) is 7.44. The van der Waals surface area contributed by atoms with Crippen molar-refractivity contribution < 1.29 is 19.5 Å². The lowest BCUT2D eigenvalue weighted by Crippen LogP contribution is -2.36. The van der Waals surface area contributed by atoms with Gasteiger partial charge in [-0.3, -0.25) is 9.59 Å². The number of carbonyl (C=O) groups is 3. The number of hydrogen-bond donors (Lipinski definition) is 2. The van der Waals surface area contributed by atoms with E-state index in [4.69, 9.17) is 0 Å². The van der Waals surface area contributed by atoms with Crippen molar-refractivity contribution in [3.8, 4) is 0 Å². The molecule has 2 amide bonds. The van der Waals surface area contributed by atoms with E-state index in [2.05, 4.69) is 33.0 Å². The zero-order valence-corrected chi connectivity index (χ0v) is 20.1. The molecule has 7 heteroatoms. The van der Waals surface area contributed by atoms with E-state index in [0.29, 0.717) is 43.3 Å². The van der Waals surface area contributed by atoms with Gasteiger partial charge in [0.15, 0.2) is 0 Å². The Balaban J connectivity index is 1.68. The highest BCUT2D eigenvalue weighted by atomic mass is 32.1. The molecule has 2 N–H and O–H groups in total. The van der Waals surface area contributed by atoms with Crippen LogP contribution in [0.25, 0.3) is 0 Å². The summed E-state index contributed by atoms with van der Waals surface area (Å²) in [6.07, 6.45) is 7.12. The summed E-state index contributed by atoms with van der Waals surface area (Å²) in [6, 6.07) is 0. The van der Waals surface area contributed by atoms with E-state index in [0.717, 1.165) is 29.7 Å². The molecule has 0 saturated heterocycles. The molecule has 2 aliphatic rings. The minimum atomic E-state index is -1.01. The summed E-state index contributed by atoms with van der Waals surface area (Å²) in [5, 5.41) is 13.1. The Hall–Kier alpha value is -1.89. The summed E-state index contributed by atoms with van der Waals surface area (Å²) >= 11 is 1.32. The number of nitrogens with zero attached hydrogens (tertiary/aromatic N) is 1. The summed E-state index contributed by atoms with van der Waals surface area (Å²) in [6.45, 7) is 9.50. The third kappa shape index (κ3) is 6.31. The molecule has 3 rings (SSSR count). The van der Waals surface area contributed by atoms with Crippen molar-refractivity contribution in [2.75, 3.05) is 11.9 Å². The number of carbonyl (C=O) groups excluding carboxylic acids is 2. The van der Waals surface area contributed by atoms with Gasteiger partial charge in [-0.25, -0.2) is 4.79 Å². The first-order chi connectivity index (χ1) is 14.5. The van der Waals surface area contributed by atoms with Crippen LogP contribution in [0.4, 0.5) is 5.00 Å². The maximum Gasteiger partial charge on any atom is 0.339 e. The van der Waals surface area contributed by atoms with Gasteiger partial charge in [0.2, 0.25) is 11.8 Å². The SMILES string of the molecule is CC(CC(=O)Nc1sc2c(c1C(=O)O)CCN(C(=O)CC1CCCC1)C2)CC(C)(C)C. The van der Waals surface area contributed by atoms with Gasteiger partial charge in [0.1, 0.15) is 5.00 Å². The quantitative estimate of drug-likeness (QED) is 0.592. The Bertz CT molecular complexity index is 833. The van der Waals surface area contributed by atoms with Crippen LogP contribution in [0.2, 0.25) is 0 Å². The topological polar surface area (TPSA) is 86.7 Å². The summed E-state index contributed by atoms with van der Waals surface area (Å²) in [5.41, 5.74) is 1.13. The van der Waals surface area contributed by atoms with Crippen molar-refractivity contribution in [2.45, 2.75) is 85.6 Å². The molecule has 1 fully saturated rings. The Kier molecular flexibility index (Phi) is 7.45. The lowest BCUT2D eigenvalue weighted by atomic mass is 9.84. The Labute approximate surface area is 189 Å². The molecule has 172 valence electrons. The highest BCUT2D eigenvalue weighted by molar-refractivity contribution is 7.17. The summed E-state index contributed by atoms with van der Waals surface area (Å²) < 4.78 is 0. The first-order valence-electron chi connectivity index (χ1n) is 11.5. The zero-order chi connectivity index (χ0) is 22.8. The average Bonchev–Trinajstić information content (AvgIpc) is 3.25. The molecular formula is C24H36N2O4S. The van der Waals surface area contributed by atoms with E-state index in [1.165, 1.54) is 24.2 Å². The number of rotatable bonds is 7. The van der Waals surface area contributed by atoms with Gasteiger partial charge in [0.25, 0.3) is 0 Å². The van der Waals surface area contributed by atoms with Crippen molar-refractivity contribution in [3.63, 3.8) is 0 Å². The molecule has 0 radical (unpaired) electrons. The lowest BCUT2D eigenvalue weighted by molar-refractivity contribution is -0.133. The molecular weight excluding hydrogens is 412 g/mol. The van der Waals surface area contributed by atoms with Crippen molar-refractivity contribution in [1.29, 1.82) is 0 Å². The molecule has 1 aliphatic carbocycles. The van der Waals surface area contributed by atoms with E-state index in [-0.39, 0.29) is 28.7 Å². The fourth-order valence-electron chi connectivity index (χ4n) is 5.13. The van der Waals surface area contributed by atoms with Crippen molar-refractivity contribution in [3.05, 3.63) is 16.0 Å². The fraction of sp³-hybridized carbons (Fsp3) is 0.708. The van der Waals surface area contributed by atoms with E-state index in [1.807, 2.05) is 4.90 Å². The maximum atomic E-state index is 12.7. The lowest BCUT2D eigenvalue weighted by Gasteiger charge is -2.28. The van der Waals surface area contributed by atoms with Crippen LogP contribution in [0.1, 0.15) is 93.4 Å². The minimum Gasteiger partial charge on any atom is -0.478 e. The predicted octanol–water partition coefficient (Wildman–Crippen LogP) is 5.31. The Morgan fingerprint density at radius 3 is 2.52 bits per heavy atom. The normalized spacial score (nSPS) is 18.0. The molecule has 1 aromatic rings. The van der Waals surface area contributed by atoms with Crippen molar-refractivity contribution >= 4 is 34.1 Å². The van der Waals surface area contributed by atoms with Gasteiger partial charge in [-0.05, 0) is 48.5 Å². The van der Waals surface area contributed by atoms with Crippen molar-refractivity contribution in [1.82, 2.24) is 4.90 Å². The monoisotopic (exact) mass is 448 g/mol. The van der Waals surface area contributed by atoms with E-state index in [9.17, 15) is 19.5 Å². The molecule has 1 aromatic heterocycles. The fourth-order valence-corrected chi connectivity index (χ4v) is 6.40. The second-order valence-electron chi connectivity index (χ2n) is 10.6. The van der Waals surface area contributed by atoms with Gasteiger partial charge < -0.3 is 15.3 Å². The molecule has 31 heavy (non-hydrogen) atoms. The average molecular weight is 449 g/mol. The number of hydrogen-bond acceptors (Lipinski definition) is 4. The number of anilines is 1. The van der Waals surface area contributed by atoms with Gasteiger partial charge in [0, 0.05) is 24.3 Å². The van der Waals surface area contributed by atoms with Crippen LogP contribution in [-0.2, 0) is 22.6 Å². The molecule has 6 nitrogen and oxygen atoms in total. The summed E-state index contributed by atoms with van der Waals surface area (Å²) in [5.74, 6) is -0.277. The third-order valence-electron chi connectivity index (χ3n) is 6.31. The zero-order valence-electron chi connectivity index (χ0n) is 19.3. The summed E-state index contributed by atoms with van der Waals surface area (Å²) in [7, 11) is 0. The van der Waals surface area contributed by atoms with Crippen LogP contribution in [0.15, 0.2) is 0 Å². The van der Waals surface area contributed by atoms with Gasteiger partial charge in [0.05, 0.1) is 12.1 Å². The van der Waals surface area contributed by atoms with Gasteiger partial charge in [-0.1, -0.05) is 40.5 Å². The van der Waals surface area contributed by atoms with Crippen LogP contribution in [0, 0.1) is 17.3 Å². The molecule has 1 atom stereocenters. The molecule has 2 heterocycles. The first kappa shape index (κ1) is 23.8. The van der Waals surface area contributed by atoms with Crippen LogP contribution >= 0.6 is 11.3 Å². The summed E-state index contributed by atoms with van der Waals surface area (Å²) in [4.78, 5) is 40.1. The molecule has 1 saturated carbocycles. The first-order valence-corrected chi connectivity index (χ1v) is 12.3. The molecule has 1 aliphatic heterocycles. The number of carboxylic acid groups (broad SMARTS) is 1. The number of amides is 2. The van der Waals surface area contributed by atoms with E-state index >= 15 is 0 Å². The highest BCUT2D eigenvalue weighted by Crippen LogP contribution is 2.38. The maximum absolute atomic E-state index is 12.7. The molecule has 1 unspecified atom stereocenters.